The number of hydrogen-bond acceptors (Lipinski definition) is 2. The lowest BCUT2D eigenvalue weighted by atomic mass is 9.83. The highest BCUT2D eigenvalue weighted by molar-refractivity contribution is 9.10. The zero-order valence-corrected chi connectivity index (χ0v) is 16.3. The van der Waals surface area contributed by atoms with Crippen LogP contribution in [-0.4, -0.2) is 5.91 Å². The molecule has 0 saturated carbocycles. The molecule has 2 aromatic carbocycles. The van der Waals surface area contributed by atoms with Crippen LogP contribution in [0, 0.1) is 0 Å². The summed E-state index contributed by atoms with van der Waals surface area (Å²) in [5.41, 5.74) is 4.29. The number of halogens is 2. The Morgan fingerprint density at radius 1 is 1.12 bits per heavy atom. The van der Waals surface area contributed by atoms with Crippen LogP contribution in [0.4, 0.5) is 0 Å². The van der Waals surface area contributed by atoms with E-state index in [0.29, 0.717) is 6.54 Å². The molecule has 1 amide bonds. The second kappa shape index (κ2) is 7.68. The number of carbonyl (C=O) groups is 1. The molecule has 0 bridgehead atoms. The quantitative estimate of drug-likeness (QED) is 0.799. The Hall–Kier alpha value is -1.36. The van der Waals surface area contributed by atoms with E-state index >= 15 is 0 Å². The molecule has 0 spiro atoms. The number of carbonyl (C=O) groups excluding carboxylic acids is 1. The summed E-state index contributed by atoms with van der Waals surface area (Å²) in [7, 11) is 0. The molecule has 0 aliphatic carbocycles. The number of amides is 1. The first-order valence-electron chi connectivity index (χ1n) is 7.82. The van der Waals surface area contributed by atoms with Crippen LogP contribution in [0.3, 0.4) is 0 Å². The molecule has 0 aromatic heterocycles. The largest absolute Gasteiger partial charge is 0.351 e. The summed E-state index contributed by atoms with van der Waals surface area (Å²) in [4.78, 5) is 12.6. The molecule has 5 heteroatoms. The Balaban J connectivity index is 0.00000208. The average molecular weight is 410 g/mol. The lowest BCUT2D eigenvalue weighted by Gasteiger charge is -2.24. The first-order valence-corrected chi connectivity index (χ1v) is 8.62. The molecule has 1 aliphatic rings. The van der Waals surface area contributed by atoms with Crippen LogP contribution in [-0.2, 0) is 29.8 Å². The van der Waals surface area contributed by atoms with Gasteiger partial charge in [0, 0.05) is 24.1 Å². The lowest BCUT2D eigenvalue weighted by molar-refractivity contribution is -0.125. The molecule has 3 nitrogen and oxygen atoms in total. The van der Waals surface area contributed by atoms with Gasteiger partial charge >= 0.3 is 0 Å². The maximum absolute atomic E-state index is 12.6. The maximum Gasteiger partial charge on any atom is 0.230 e. The molecule has 1 aliphatic heterocycles. The molecule has 0 saturated heterocycles. The molecule has 24 heavy (non-hydrogen) atoms. The second-order valence-corrected chi connectivity index (χ2v) is 7.44. The summed E-state index contributed by atoms with van der Waals surface area (Å²) in [5.74, 6) is 0.0402. The number of benzene rings is 2. The zero-order chi connectivity index (χ0) is 16.4. The van der Waals surface area contributed by atoms with Crippen LogP contribution in [0.2, 0.25) is 0 Å². The van der Waals surface area contributed by atoms with Gasteiger partial charge in [0.15, 0.2) is 0 Å². The molecule has 0 radical (unpaired) electrons. The van der Waals surface area contributed by atoms with Crippen LogP contribution in [0.25, 0.3) is 0 Å². The van der Waals surface area contributed by atoms with Crippen LogP contribution in [0.5, 0.6) is 0 Å². The molecule has 0 fully saturated rings. The summed E-state index contributed by atoms with van der Waals surface area (Å²) in [6, 6.07) is 14.4. The monoisotopic (exact) mass is 408 g/mol. The van der Waals surface area contributed by atoms with E-state index in [-0.39, 0.29) is 18.3 Å². The fourth-order valence-corrected chi connectivity index (χ4v) is 3.12. The third-order valence-corrected chi connectivity index (χ3v) is 5.02. The first-order chi connectivity index (χ1) is 11.0. The summed E-state index contributed by atoms with van der Waals surface area (Å²) >= 11 is 3.43. The van der Waals surface area contributed by atoms with E-state index in [9.17, 15) is 4.79 Å². The minimum absolute atomic E-state index is 0. The maximum atomic E-state index is 12.6. The highest BCUT2D eigenvalue weighted by atomic mass is 79.9. The summed E-state index contributed by atoms with van der Waals surface area (Å²) < 4.78 is 1.02. The van der Waals surface area contributed by atoms with Crippen LogP contribution in [0.15, 0.2) is 46.9 Å². The van der Waals surface area contributed by atoms with Gasteiger partial charge in [-0.1, -0.05) is 46.3 Å². The van der Waals surface area contributed by atoms with Crippen LogP contribution in [0.1, 0.15) is 36.1 Å². The van der Waals surface area contributed by atoms with Gasteiger partial charge < -0.3 is 10.6 Å². The van der Waals surface area contributed by atoms with Crippen molar-refractivity contribution in [2.45, 2.75) is 38.9 Å². The Morgan fingerprint density at radius 2 is 1.79 bits per heavy atom. The van der Waals surface area contributed by atoms with Gasteiger partial charge in [-0.3, -0.25) is 4.79 Å². The van der Waals surface area contributed by atoms with Gasteiger partial charge in [-0.2, -0.15) is 0 Å². The van der Waals surface area contributed by atoms with Gasteiger partial charge in [0.1, 0.15) is 0 Å². The Bertz CT molecular complexity index is 729. The van der Waals surface area contributed by atoms with Gasteiger partial charge in [-0.05, 0) is 48.2 Å². The summed E-state index contributed by atoms with van der Waals surface area (Å²) in [6.07, 6.45) is 0. The smallest absolute Gasteiger partial charge is 0.230 e. The van der Waals surface area contributed by atoms with E-state index in [0.717, 1.165) is 28.7 Å². The fraction of sp³-hybridized carbons (Fsp3) is 0.316. The van der Waals surface area contributed by atoms with E-state index in [4.69, 9.17) is 0 Å². The number of hydrogen-bond donors (Lipinski definition) is 2. The number of fused-ring (bicyclic) bond motifs is 1. The minimum Gasteiger partial charge on any atom is -0.351 e. The summed E-state index contributed by atoms with van der Waals surface area (Å²) in [6.45, 7) is 6.34. The number of nitrogens with one attached hydrogen (secondary N) is 2. The van der Waals surface area contributed by atoms with Crippen molar-refractivity contribution >= 4 is 34.2 Å². The molecule has 2 N–H and O–H groups in total. The van der Waals surface area contributed by atoms with Crippen molar-refractivity contribution in [3.05, 3.63) is 69.2 Å². The van der Waals surface area contributed by atoms with Crippen molar-refractivity contribution < 1.29 is 4.79 Å². The second-order valence-electron chi connectivity index (χ2n) is 6.52. The van der Waals surface area contributed by atoms with Crippen molar-refractivity contribution in [2.24, 2.45) is 0 Å². The van der Waals surface area contributed by atoms with E-state index in [1.54, 1.807) is 0 Å². The fourth-order valence-electron chi connectivity index (χ4n) is 2.86. The van der Waals surface area contributed by atoms with E-state index < -0.39 is 5.41 Å². The Kier molecular flexibility index (Phi) is 6.07. The third kappa shape index (κ3) is 4.00. The summed E-state index contributed by atoms with van der Waals surface area (Å²) in [5, 5.41) is 6.41. The zero-order valence-electron chi connectivity index (χ0n) is 13.9. The number of rotatable bonds is 4. The van der Waals surface area contributed by atoms with Gasteiger partial charge in [0.25, 0.3) is 0 Å². The SMILES string of the molecule is CC(C)(C(=O)NCc1ccc2c(c1)CNC2)c1ccc(Br)cc1.Cl. The van der Waals surface area contributed by atoms with Crippen LogP contribution < -0.4 is 10.6 Å². The minimum atomic E-state index is -0.557. The van der Waals surface area contributed by atoms with Gasteiger partial charge in [0.2, 0.25) is 5.91 Å². The van der Waals surface area contributed by atoms with Crippen molar-refractivity contribution in [3.63, 3.8) is 0 Å². The van der Waals surface area contributed by atoms with Crippen molar-refractivity contribution in [2.75, 3.05) is 0 Å². The lowest BCUT2D eigenvalue weighted by Crippen LogP contribution is -2.39. The molecule has 0 atom stereocenters. The molecule has 3 rings (SSSR count). The van der Waals surface area contributed by atoms with E-state index in [2.05, 4.69) is 44.8 Å². The van der Waals surface area contributed by atoms with Crippen molar-refractivity contribution in [1.82, 2.24) is 10.6 Å². The van der Waals surface area contributed by atoms with Gasteiger partial charge in [0.05, 0.1) is 5.41 Å². The predicted octanol–water partition coefficient (Wildman–Crippen LogP) is 4.07. The molecule has 0 unspecified atom stereocenters. The Morgan fingerprint density at radius 3 is 2.50 bits per heavy atom. The molecular weight excluding hydrogens is 388 g/mol. The normalized spacial score (nSPS) is 13.1. The van der Waals surface area contributed by atoms with E-state index in [1.165, 1.54) is 11.1 Å². The molecular formula is C19H22BrClN2O. The third-order valence-electron chi connectivity index (χ3n) is 4.49. The highest BCUT2D eigenvalue weighted by Gasteiger charge is 2.29. The first kappa shape index (κ1) is 19.0. The van der Waals surface area contributed by atoms with Crippen molar-refractivity contribution in [1.29, 1.82) is 0 Å². The standard InChI is InChI=1S/C19H21BrN2O.ClH/c1-19(2,16-5-7-17(20)8-6-16)18(23)22-10-13-3-4-14-11-21-12-15(14)9-13;/h3-9,21H,10-12H2,1-2H3,(H,22,23);1H. The highest BCUT2D eigenvalue weighted by Crippen LogP contribution is 2.25. The van der Waals surface area contributed by atoms with Gasteiger partial charge in [-0.15, -0.1) is 12.4 Å². The van der Waals surface area contributed by atoms with Crippen LogP contribution >= 0.6 is 28.3 Å². The molecule has 2 aromatic rings. The predicted molar refractivity (Wildman–Crippen MR) is 103 cm³/mol. The molecule has 128 valence electrons. The molecule has 1 heterocycles. The average Bonchev–Trinajstić information content (AvgIpc) is 3.00. The van der Waals surface area contributed by atoms with E-state index in [1.807, 2.05) is 38.1 Å². The van der Waals surface area contributed by atoms with Crippen molar-refractivity contribution in [3.8, 4) is 0 Å². The van der Waals surface area contributed by atoms with Gasteiger partial charge in [-0.25, -0.2) is 0 Å². The Labute approximate surface area is 157 Å². The topological polar surface area (TPSA) is 41.1 Å².